The Morgan fingerprint density at radius 1 is 0.917 bits per heavy atom. The zero-order valence-electron chi connectivity index (χ0n) is 7.45. The highest BCUT2D eigenvalue weighted by Crippen LogP contribution is 2.44. The molecule has 3 fully saturated rings. The van der Waals surface area contributed by atoms with Gasteiger partial charge in [0.25, 0.3) is 0 Å². The smallest absolute Gasteiger partial charge is 0.163 e. The fraction of sp³-hybridized carbons (Fsp3) is 1.00. The van der Waals surface area contributed by atoms with Gasteiger partial charge in [0, 0.05) is 12.8 Å². The summed E-state index contributed by atoms with van der Waals surface area (Å²) in [6, 6.07) is 0. The van der Waals surface area contributed by atoms with Crippen molar-refractivity contribution in [1.82, 2.24) is 0 Å². The van der Waals surface area contributed by atoms with Gasteiger partial charge in [-0.05, 0) is 13.8 Å². The summed E-state index contributed by atoms with van der Waals surface area (Å²) in [5.74, 6) is -0.369. The number of fused-ring (bicyclic) bond motifs is 2. The van der Waals surface area contributed by atoms with Gasteiger partial charge in [-0.25, -0.2) is 0 Å². The lowest BCUT2D eigenvalue weighted by atomic mass is 9.95. The average molecular weight is 170 g/mol. The highest BCUT2D eigenvalue weighted by atomic mass is 16.8. The Labute approximate surface area is 72.0 Å². The van der Waals surface area contributed by atoms with Crippen molar-refractivity contribution in [3.63, 3.8) is 0 Å². The van der Waals surface area contributed by atoms with Crippen molar-refractivity contribution in [3.05, 3.63) is 0 Å². The van der Waals surface area contributed by atoms with Crippen LogP contribution in [-0.2, 0) is 14.2 Å². The van der Waals surface area contributed by atoms with E-state index in [2.05, 4.69) is 0 Å². The highest BCUT2D eigenvalue weighted by Gasteiger charge is 2.54. The second kappa shape index (κ2) is 2.03. The first kappa shape index (κ1) is 7.30. The zero-order chi connectivity index (χ0) is 8.34. The first-order chi connectivity index (χ1) is 5.64. The largest absolute Gasteiger partial charge is 0.369 e. The van der Waals surface area contributed by atoms with Crippen molar-refractivity contribution in [2.24, 2.45) is 0 Å². The van der Waals surface area contributed by atoms with E-state index in [0.717, 1.165) is 12.8 Å². The molecule has 0 N–H and O–H groups in total. The lowest BCUT2D eigenvalue weighted by Gasteiger charge is -2.17. The normalized spacial score (nSPS) is 54.5. The van der Waals surface area contributed by atoms with E-state index in [1.54, 1.807) is 0 Å². The summed E-state index contributed by atoms with van der Waals surface area (Å²) in [5, 5.41) is 0. The summed E-state index contributed by atoms with van der Waals surface area (Å²) in [5.41, 5.74) is 0. The van der Waals surface area contributed by atoms with Crippen LogP contribution in [-0.4, -0.2) is 30.2 Å². The van der Waals surface area contributed by atoms with Gasteiger partial charge in [0.1, 0.15) is 0 Å². The van der Waals surface area contributed by atoms with Gasteiger partial charge in [-0.15, -0.1) is 0 Å². The SMILES string of the molecule is CC1(C)O[C@H]2C[C@@H]3O[C@@H]3C[C@H]2O1. The molecule has 0 aromatic carbocycles. The lowest BCUT2D eigenvalue weighted by molar-refractivity contribution is -0.147. The average Bonchev–Trinajstić information content (AvgIpc) is 2.57. The number of rotatable bonds is 0. The third-order valence-corrected chi connectivity index (χ3v) is 2.90. The molecule has 1 aliphatic carbocycles. The molecule has 2 saturated heterocycles. The Kier molecular flexibility index (Phi) is 1.23. The maximum absolute atomic E-state index is 5.75. The number of hydrogen-bond donors (Lipinski definition) is 0. The van der Waals surface area contributed by atoms with Crippen LogP contribution in [0.4, 0.5) is 0 Å². The molecular formula is C9H14O3. The Balaban J connectivity index is 1.77. The van der Waals surface area contributed by atoms with Gasteiger partial charge in [0.15, 0.2) is 5.79 Å². The summed E-state index contributed by atoms with van der Waals surface area (Å²) < 4.78 is 16.9. The molecule has 2 aliphatic heterocycles. The van der Waals surface area contributed by atoms with Gasteiger partial charge in [0.05, 0.1) is 24.4 Å². The topological polar surface area (TPSA) is 31.0 Å². The monoisotopic (exact) mass is 170 g/mol. The summed E-state index contributed by atoms with van der Waals surface area (Å²) in [7, 11) is 0. The van der Waals surface area contributed by atoms with Crippen molar-refractivity contribution < 1.29 is 14.2 Å². The summed E-state index contributed by atoms with van der Waals surface area (Å²) in [4.78, 5) is 0. The molecule has 3 rings (SSSR count). The van der Waals surface area contributed by atoms with E-state index < -0.39 is 0 Å². The Morgan fingerprint density at radius 2 is 1.42 bits per heavy atom. The molecule has 68 valence electrons. The molecule has 3 nitrogen and oxygen atoms in total. The molecule has 0 amide bonds. The summed E-state index contributed by atoms with van der Waals surface area (Å²) in [6.45, 7) is 3.97. The van der Waals surface area contributed by atoms with Crippen molar-refractivity contribution in [2.45, 2.75) is 56.9 Å². The molecule has 0 aromatic heterocycles. The first-order valence-corrected chi connectivity index (χ1v) is 4.65. The molecule has 2 heterocycles. The second-order valence-corrected chi connectivity index (χ2v) is 4.40. The molecule has 4 atom stereocenters. The van der Waals surface area contributed by atoms with E-state index in [1.807, 2.05) is 13.8 Å². The van der Waals surface area contributed by atoms with Gasteiger partial charge >= 0.3 is 0 Å². The van der Waals surface area contributed by atoms with E-state index in [4.69, 9.17) is 14.2 Å². The van der Waals surface area contributed by atoms with Crippen molar-refractivity contribution in [3.8, 4) is 0 Å². The molecule has 12 heavy (non-hydrogen) atoms. The van der Waals surface area contributed by atoms with Crippen LogP contribution in [0.25, 0.3) is 0 Å². The zero-order valence-corrected chi connectivity index (χ0v) is 7.45. The minimum Gasteiger partial charge on any atom is -0.369 e. The van der Waals surface area contributed by atoms with Crippen LogP contribution < -0.4 is 0 Å². The van der Waals surface area contributed by atoms with E-state index in [9.17, 15) is 0 Å². The van der Waals surface area contributed by atoms with E-state index in [-0.39, 0.29) is 18.0 Å². The van der Waals surface area contributed by atoms with E-state index >= 15 is 0 Å². The molecule has 0 spiro atoms. The van der Waals surface area contributed by atoms with Crippen LogP contribution in [0.5, 0.6) is 0 Å². The maximum atomic E-state index is 5.75. The molecule has 0 bridgehead atoms. The van der Waals surface area contributed by atoms with Gasteiger partial charge < -0.3 is 14.2 Å². The standard InChI is InChI=1S/C9H14O3/c1-9(2)11-7-3-5-6(10-5)4-8(7)12-9/h5-8H,3-4H2,1-2H3/t5-,6+,7-,8+. The predicted molar refractivity (Wildman–Crippen MR) is 41.7 cm³/mol. The van der Waals surface area contributed by atoms with Gasteiger partial charge in [0.2, 0.25) is 0 Å². The molecule has 0 aromatic rings. The quantitative estimate of drug-likeness (QED) is 0.509. The lowest BCUT2D eigenvalue weighted by Crippen LogP contribution is -2.30. The number of hydrogen-bond acceptors (Lipinski definition) is 3. The van der Waals surface area contributed by atoms with Crippen LogP contribution in [0.1, 0.15) is 26.7 Å². The Hall–Kier alpha value is -0.120. The molecule has 0 radical (unpaired) electrons. The Morgan fingerprint density at radius 3 is 1.92 bits per heavy atom. The van der Waals surface area contributed by atoms with Gasteiger partial charge in [-0.1, -0.05) is 0 Å². The van der Waals surface area contributed by atoms with Gasteiger partial charge in [-0.2, -0.15) is 0 Å². The minimum absolute atomic E-state index is 0.281. The number of epoxide rings is 1. The van der Waals surface area contributed by atoms with E-state index in [0.29, 0.717) is 12.2 Å². The van der Waals surface area contributed by atoms with Crippen LogP contribution in [0.2, 0.25) is 0 Å². The van der Waals surface area contributed by atoms with Gasteiger partial charge in [-0.3, -0.25) is 0 Å². The van der Waals surface area contributed by atoms with Crippen molar-refractivity contribution in [1.29, 1.82) is 0 Å². The summed E-state index contributed by atoms with van der Waals surface area (Å²) in [6.07, 6.45) is 3.57. The molecule has 3 heteroatoms. The first-order valence-electron chi connectivity index (χ1n) is 4.65. The van der Waals surface area contributed by atoms with Crippen LogP contribution >= 0.6 is 0 Å². The summed E-state index contributed by atoms with van der Waals surface area (Å²) >= 11 is 0. The molecule has 3 aliphatic rings. The predicted octanol–water partition coefficient (Wildman–Crippen LogP) is 1.07. The van der Waals surface area contributed by atoms with Crippen molar-refractivity contribution >= 4 is 0 Å². The molecule has 0 unspecified atom stereocenters. The van der Waals surface area contributed by atoms with Crippen molar-refractivity contribution in [2.75, 3.05) is 0 Å². The molecular weight excluding hydrogens is 156 g/mol. The third kappa shape index (κ3) is 1.00. The number of ether oxygens (including phenoxy) is 3. The third-order valence-electron chi connectivity index (χ3n) is 2.90. The van der Waals surface area contributed by atoms with Crippen LogP contribution in [0, 0.1) is 0 Å². The molecule has 1 saturated carbocycles. The maximum Gasteiger partial charge on any atom is 0.163 e. The highest BCUT2D eigenvalue weighted by molar-refractivity contribution is 5.00. The minimum atomic E-state index is -0.369. The van der Waals surface area contributed by atoms with Crippen LogP contribution in [0.3, 0.4) is 0 Å². The Bertz CT molecular complexity index is 194. The fourth-order valence-corrected chi connectivity index (χ4v) is 2.36. The fourth-order valence-electron chi connectivity index (χ4n) is 2.36. The van der Waals surface area contributed by atoms with E-state index in [1.165, 1.54) is 0 Å². The second-order valence-electron chi connectivity index (χ2n) is 4.40. The van der Waals surface area contributed by atoms with Crippen LogP contribution in [0.15, 0.2) is 0 Å².